The van der Waals surface area contributed by atoms with E-state index in [1.165, 1.54) is 25.7 Å². The number of rotatable bonds is 9. The maximum absolute atomic E-state index is 13.5. The van der Waals surface area contributed by atoms with Gasteiger partial charge in [0.05, 0.1) is 40.4 Å². The van der Waals surface area contributed by atoms with Crippen LogP contribution in [0, 0.1) is 20.8 Å². The molecule has 2 saturated heterocycles. The molecule has 326 valence electrons. The smallest absolute Gasteiger partial charge is 0.257 e. The zero-order valence-corrected chi connectivity index (χ0v) is 38.0. The Hall–Kier alpha value is -5.52. The van der Waals surface area contributed by atoms with E-state index in [9.17, 15) is 9.59 Å². The summed E-state index contributed by atoms with van der Waals surface area (Å²) in [6, 6.07) is 30.0. The number of amides is 2. The van der Waals surface area contributed by atoms with Gasteiger partial charge in [0, 0.05) is 81.8 Å². The Morgan fingerprint density at radius 1 is 0.661 bits per heavy atom. The number of para-hydroxylation sites is 4. The summed E-state index contributed by atoms with van der Waals surface area (Å²) in [5, 5.41) is 0. The van der Waals surface area contributed by atoms with Gasteiger partial charge in [-0.1, -0.05) is 37.1 Å². The molecule has 2 aromatic heterocycles. The number of ether oxygens (including phenoxy) is 1. The minimum atomic E-state index is 0.0323. The maximum atomic E-state index is 13.5. The SMILES string of the molecule is COc1cc(-n2c(C)nc3ccccc32)ccc1C(=O)N(C)C1CCN(C2CCCC2)CC1.Cc1cc(-n2c(C)nc3ccccc32)ccc1C(=O)N(C)[C@@H]1CCN(C(C)C)C1. The lowest BCUT2D eigenvalue weighted by molar-refractivity contribution is 0.0595. The third-order valence-electron chi connectivity index (χ3n) is 13.8. The number of imidazole rings is 2. The van der Waals surface area contributed by atoms with E-state index >= 15 is 0 Å². The highest BCUT2D eigenvalue weighted by Gasteiger charge is 2.32. The molecule has 2 amide bonds. The van der Waals surface area contributed by atoms with E-state index < -0.39 is 0 Å². The molecule has 4 heterocycles. The monoisotopic (exact) mass is 837 g/mol. The number of benzene rings is 4. The second-order valence-electron chi connectivity index (χ2n) is 17.9. The van der Waals surface area contributed by atoms with Crippen LogP contribution in [-0.4, -0.2) is 122 Å². The molecule has 1 saturated carbocycles. The van der Waals surface area contributed by atoms with Gasteiger partial charge < -0.3 is 19.4 Å². The first-order chi connectivity index (χ1) is 29.9. The fourth-order valence-electron chi connectivity index (χ4n) is 10.1. The number of methoxy groups -OCH3 is 1. The van der Waals surface area contributed by atoms with Crippen LogP contribution in [0.2, 0.25) is 0 Å². The molecular formula is C51H64N8O3. The number of nitrogens with zero attached hydrogens (tertiary/aromatic N) is 8. The number of hydrogen-bond acceptors (Lipinski definition) is 7. The Balaban J connectivity index is 0.000000172. The molecule has 6 aromatic rings. The standard InChI is InChI=1S/C27H34N4O2.C24H30N4O/c1-19-28-24-10-6-7-11-25(24)31(19)22-12-13-23(26(18-22)33-3)27(32)29(2)20-14-16-30(17-15-20)21-8-4-5-9-21;1-16(2)27-13-12-20(15-27)26(5)24(29)21-11-10-19(14-17(21)3)28-18(4)25-22-8-6-7-9-23(22)28/h6-7,10-13,18,20-21H,4-5,8-9,14-17H2,1-3H3;6-11,14,16,20H,12-13,15H2,1-5H3/t;20-/m.1/s1. The van der Waals surface area contributed by atoms with E-state index in [2.05, 4.69) is 60.9 Å². The molecule has 0 unspecified atom stereocenters. The van der Waals surface area contributed by atoms with Crippen molar-refractivity contribution in [1.82, 2.24) is 38.7 Å². The van der Waals surface area contributed by atoms with E-state index in [0.717, 1.165) is 108 Å². The number of carbonyl (C=O) groups is 2. The Morgan fingerprint density at radius 3 is 1.73 bits per heavy atom. The van der Waals surface area contributed by atoms with Gasteiger partial charge in [-0.2, -0.15) is 0 Å². The molecule has 1 aliphatic carbocycles. The van der Waals surface area contributed by atoms with Crippen molar-refractivity contribution in [1.29, 1.82) is 0 Å². The molecule has 11 heteroatoms. The second kappa shape index (κ2) is 18.4. The summed E-state index contributed by atoms with van der Waals surface area (Å²) < 4.78 is 9.95. The van der Waals surface area contributed by atoms with Crippen LogP contribution in [0.5, 0.6) is 5.75 Å². The zero-order chi connectivity index (χ0) is 43.7. The molecule has 0 N–H and O–H groups in total. The lowest BCUT2D eigenvalue weighted by Gasteiger charge is -2.39. The summed E-state index contributed by atoms with van der Waals surface area (Å²) in [7, 11) is 5.52. The molecule has 0 spiro atoms. The number of likely N-dealkylation sites (tertiary alicyclic amines) is 2. The third-order valence-corrected chi connectivity index (χ3v) is 13.8. The first kappa shape index (κ1) is 43.1. The van der Waals surface area contributed by atoms with Gasteiger partial charge in [-0.3, -0.25) is 23.6 Å². The predicted octanol–water partition coefficient (Wildman–Crippen LogP) is 9.02. The van der Waals surface area contributed by atoms with Gasteiger partial charge >= 0.3 is 0 Å². The summed E-state index contributed by atoms with van der Waals surface area (Å²) in [4.78, 5) is 44.9. The van der Waals surface area contributed by atoms with Gasteiger partial charge in [-0.25, -0.2) is 9.97 Å². The molecule has 3 aliphatic rings. The van der Waals surface area contributed by atoms with Gasteiger partial charge in [0.2, 0.25) is 0 Å². The normalized spacial score (nSPS) is 17.8. The van der Waals surface area contributed by atoms with Crippen LogP contribution in [0.4, 0.5) is 0 Å². The molecule has 0 radical (unpaired) electrons. The van der Waals surface area contributed by atoms with Crippen molar-refractivity contribution < 1.29 is 14.3 Å². The zero-order valence-electron chi connectivity index (χ0n) is 38.0. The second-order valence-corrected chi connectivity index (χ2v) is 17.9. The molecule has 11 nitrogen and oxygen atoms in total. The third kappa shape index (κ3) is 8.62. The predicted molar refractivity (Wildman–Crippen MR) is 249 cm³/mol. The topological polar surface area (TPSA) is 92.0 Å². The molecule has 4 aromatic carbocycles. The van der Waals surface area contributed by atoms with E-state index in [0.29, 0.717) is 17.4 Å². The number of hydrogen-bond donors (Lipinski definition) is 0. The lowest BCUT2D eigenvalue weighted by atomic mass is 10.00. The van der Waals surface area contributed by atoms with Crippen molar-refractivity contribution in [2.24, 2.45) is 0 Å². The van der Waals surface area contributed by atoms with E-state index in [4.69, 9.17) is 4.74 Å². The van der Waals surface area contributed by atoms with Crippen molar-refractivity contribution in [3.63, 3.8) is 0 Å². The van der Waals surface area contributed by atoms with Gasteiger partial charge in [-0.05, 0) is 127 Å². The van der Waals surface area contributed by atoms with Crippen LogP contribution >= 0.6 is 0 Å². The Morgan fingerprint density at radius 2 is 1.18 bits per heavy atom. The summed E-state index contributed by atoms with van der Waals surface area (Å²) >= 11 is 0. The first-order valence-corrected chi connectivity index (χ1v) is 22.6. The summed E-state index contributed by atoms with van der Waals surface area (Å²) in [6.45, 7) is 14.7. The number of likely N-dealkylation sites (N-methyl/N-ethyl adjacent to an activating group) is 1. The minimum absolute atomic E-state index is 0.0323. The van der Waals surface area contributed by atoms with Crippen molar-refractivity contribution in [2.75, 3.05) is 47.4 Å². The minimum Gasteiger partial charge on any atom is -0.496 e. The van der Waals surface area contributed by atoms with Crippen molar-refractivity contribution >= 4 is 33.9 Å². The van der Waals surface area contributed by atoms with Gasteiger partial charge in [0.1, 0.15) is 17.4 Å². The van der Waals surface area contributed by atoms with Crippen molar-refractivity contribution in [2.45, 2.75) is 104 Å². The van der Waals surface area contributed by atoms with E-state index in [-0.39, 0.29) is 23.9 Å². The molecular weight excluding hydrogens is 773 g/mol. The Bertz CT molecular complexity index is 2540. The van der Waals surface area contributed by atoms with Crippen LogP contribution in [0.1, 0.15) is 96.7 Å². The summed E-state index contributed by atoms with van der Waals surface area (Å²) in [5.74, 6) is 2.59. The van der Waals surface area contributed by atoms with Gasteiger partial charge in [0.25, 0.3) is 11.8 Å². The highest BCUT2D eigenvalue weighted by atomic mass is 16.5. The van der Waals surface area contributed by atoms with Crippen LogP contribution in [-0.2, 0) is 0 Å². The van der Waals surface area contributed by atoms with E-state index in [1.54, 1.807) is 7.11 Å². The fourth-order valence-corrected chi connectivity index (χ4v) is 10.1. The molecule has 0 bridgehead atoms. The summed E-state index contributed by atoms with van der Waals surface area (Å²) in [5.41, 5.74) is 8.45. The fraction of sp³-hybridized carbons (Fsp3) is 0.451. The van der Waals surface area contributed by atoms with E-state index in [1.807, 2.05) is 111 Å². The molecule has 3 fully saturated rings. The Labute approximate surface area is 367 Å². The first-order valence-electron chi connectivity index (χ1n) is 22.6. The van der Waals surface area contributed by atoms with Crippen LogP contribution in [0.3, 0.4) is 0 Å². The van der Waals surface area contributed by atoms with Crippen LogP contribution in [0.25, 0.3) is 33.4 Å². The quantitative estimate of drug-likeness (QED) is 0.144. The lowest BCUT2D eigenvalue weighted by Crippen LogP contribution is -2.48. The number of piperidine rings is 1. The molecule has 2 aliphatic heterocycles. The number of aromatic nitrogens is 4. The highest BCUT2D eigenvalue weighted by Crippen LogP contribution is 2.31. The molecule has 62 heavy (non-hydrogen) atoms. The largest absolute Gasteiger partial charge is 0.496 e. The number of aryl methyl sites for hydroxylation is 3. The average molecular weight is 837 g/mol. The molecule has 9 rings (SSSR count). The highest BCUT2D eigenvalue weighted by molar-refractivity contribution is 5.98. The van der Waals surface area contributed by atoms with Crippen molar-refractivity contribution in [3.05, 3.63) is 113 Å². The van der Waals surface area contributed by atoms with Crippen molar-refractivity contribution in [3.8, 4) is 17.1 Å². The number of fused-ring (bicyclic) bond motifs is 2. The molecule has 1 atom stereocenters. The average Bonchev–Trinajstić information content (AvgIpc) is 4.11. The van der Waals surface area contributed by atoms with Crippen LogP contribution in [0.15, 0.2) is 84.9 Å². The summed E-state index contributed by atoms with van der Waals surface area (Å²) in [6.07, 6.45) is 8.54. The number of carbonyl (C=O) groups excluding carboxylic acids is 2. The van der Waals surface area contributed by atoms with Gasteiger partial charge in [0.15, 0.2) is 0 Å². The maximum Gasteiger partial charge on any atom is 0.257 e. The van der Waals surface area contributed by atoms with Gasteiger partial charge in [-0.15, -0.1) is 0 Å². The van der Waals surface area contributed by atoms with Crippen LogP contribution < -0.4 is 4.74 Å². The Kier molecular flexibility index (Phi) is 12.8.